The van der Waals surface area contributed by atoms with Crippen LogP contribution >= 0.6 is 0 Å². The highest BCUT2D eigenvalue weighted by Crippen LogP contribution is 2.49. The first-order valence-corrected chi connectivity index (χ1v) is 9.53. The molecule has 138 valence electrons. The number of likely N-dealkylation sites (tertiary alicyclic amines) is 1. The van der Waals surface area contributed by atoms with Crippen LogP contribution in [0.1, 0.15) is 33.1 Å². The summed E-state index contributed by atoms with van der Waals surface area (Å²) < 4.78 is 19.9. The van der Waals surface area contributed by atoms with E-state index in [-0.39, 0.29) is 24.1 Å². The van der Waals surface area contributed by atoms with Crippen molar-refractivity contribution in [2.45, 2.75) is 44.7 Å². The summed E-state index contributed by atoms with van der Waals surface area (Å²) in [5, 5.41) is 12.9. The smallest absolute Gasteiger partial charge is 0.326 e. The summed E-state index contributed by atoms with van der Waals surface area (Å²) in [6, 6.07) is -0.656. The topological polar surface area (TPSA) is 133 Å². The van der Waals surface area contributed by atoms with Crippen molar-refractivity contribution in [2.24, 2.45) is 17.1 Å². The van der Waals surface area contributed by atoms with Gasteiger partial charge in [-0.05, 0) is 31.7 Å². The highest BCUT2D eigenvalue weighted by atomic mass is 32.2. The van der Waals surface area contributed by atoms with Crippen molar-refractivity contribution < 1.29 is 23.5 Å². The predicted molar refractivity (Wildman–Crippen MR) is 89.7 cm³/mol. The highest BCUT2D eigenvalue weighted by molar-refractivity contribution is 7.79. The van der Waals surface area contributed by atoms with E-state index in [9.17, 15) is 18.9 Å². The fraction of sp³-hybridized carbons (Fsp3) is 0.867. The van der Waals surface area contributed by atoms with E-state index in [1.54, 1.807) is 4.90 Å². The van der Waals surface area contributed by atoms with E-state index in [1.165, 1.54) is 0 Å². The van der Waals surface area contributed by atoms with E-state index >= 15 is 0 Å². The molecule has 0 radical (unpaired) electrons. The first-order chi connectivity index (χ1) is 11.1. The molecule has 8 nitrogen and oxygen atoms in total. The molecule has 2 aliphatic heterocycles. The summed E-state index contributed by atoms with van der Waals surface area (Å²) in [4.78, 5) is 26.2. The van der Waals surface area contributed by atoms with Gasteiger partial charge in [0.05, 0.1) is 12.6 Å². The minimum Gasteiger partial charge on any atom is -0.480 e. The Hall–Kier alpha value is -1.03. The van der Waals surface area contributed by atoms with Gasteiger partial charge >= 0.3 is 5.97 Å². The lowest BCUT2D eigenvalue weighted by Gasteiger charge is -2.35. The third kappa shape index (κ3) is 3.22. The molecule has 0 saturated carbocycles. The van der Waals surface area contributed by atoms with Crippen LogP contribution in [0.2, 0.25) is 0 Å². The minimum absolute atomic E-state index is 0.0283. The summed E-state index contributed by atoms with van der Waals surface area (Å²) in [6.45, 7) is 4.69. The number of rotatable bonds is 7. The summed E-state index contributed by atoms with van der Waals surface area (Å²) in [6.07, 6.45) is 1.55. The standard InChI is InChI=1S/C15H27N3O5S/c1-10(2)11(16)12(19)18-8-14(4-3-7-24(22)23)5-6-17-15(14,9-18)13(20)21/h10-11,17H,3-9,16H2,1-2H3,(H,20,21)(H,22,23)/t11-,14+,15+/m0/s1. The Morgan fingerprint density at radius 3 is 2.58 bits per heavy atom. The van der Waals surface area contributed by atoms with Gasteiger partial charge in [-0.25, -0.2) is 4.21 Å². The lowest BCUT2D eigenvalue weighted by molar-refractivity contribution is -0.147. The molecule has 0 aliphatic carbocycles. The van der Waals surface area contributed by atoms with Gasteiger partial charge in [-0.15, -0.1) is 0 Å². The number of nitrogens with one attached hydrogen (secondary N) is 1. The number of nitrogens with two attached hydrogens (primary N) is 1. The maximum absolute atomic E-state index is 12.6. The second-order valence-electron chi connectivity index (χ2n) is 7.26. The Bertz CT molecular complexity index is 543. The molecule has 24 heavy (non-hydrogen) atoms. The monoisotopic (exact) mass is 361 g/mol. The van der Waals surface area contributed by atoms with Gasteiger partial charge < -0.3 is 20.3 Å². The first kappa shape index (κ1) is 19.3. The van der Waals surface area contributed by atoms with Crippen molar-refractivity contribution in [1.82, 2.24) is 10.2 Å². The molecule has 0 bridgehead atoms. The van der Waals surface area contributed by atoms with Gasteiger partial charge in [-0.3, -0.25) is 14.9 Å². The molecule has 0 aromatic rings. The second-order valence-corrected chi connectivity index (χ2v) is 8.31. The number of hydrogen-bond donors (Lipinski definition) is 4. The predicted octanol–water partition coefficient (Wildman–Crippen LogP) is -0.383. The molecule has 1 amide bonds. The molecule has 2 saturated heterocycles. The minimum atomic E-state index is -1.90. The zero-order valence-electron chi connectivity index (χ0n) is 14.2. The lowest BCUT2D eigenvalue weighted by Crippen LogP contribution is -2.58. The summed E-state index contributed by atoms with van der Waals surface area (Å²) in [5.41, 5.74) is 4.14. The molecule has 2 rings (SSSR count). The van der Waals surface area contributed by atoms with Gasteiger partial charge in [0.25, 0.3) is 0 Å². The molecule has 4 atom stereocenters. The average molecular weight is 361 g/mol. The van der Waals surface area contributed by atoms with E-state index in [1.807, 2.05) is 13.8 Å². The summed E-state index contributed by atoms with van der Waals surface area (Å²) in [7, 11) is 0. The van der Waals surface area contributed by atoms with Gasteiger partial charge in [-0.1, -0.05) is 13.8 Å². The van der Waals surface area contributed by atoms with Gasteiger partial charge in [-0.2, -0.15) is 0 Å². The van der Waals surface area contributed by atoms with Crippen LogP contribution in [-0.2, 0) is 20.7 Å². The maximum atomic E-state index is 12.6. The number of carboxylic acids is 1. The van der Waals surface area contributed by atoms with Crippen molar-refractivity contribution in [3.8, 4) is 0 Å². The van der Waals surface area contributed by atoms with Crippen LogP contribution in [0.25, 0.3) is 0 Å². The van der Waals surface area contributed by atoms with Crippen LogP contribution in [0, 0.1) is 11.3 Å². The largest absolute Gasteiger partial charge is 0.480 e. The zero-order chi connectivity index (χ0) is 18.1. The third-order valence-corrected chi connectivity index (χ3v) is 6.15. The first-order valence-electron chi connectivity index (χ1n) is 8.25. The van der Waals surface area contributed by atoms with Crippen LogP contribution < -0.4 is 11.1 Å². The quantitative estimate of drug-likeness (QED) is 0.454. The number of amides is 1. The Morgan fingerprint density at radius 2 is 2.04 bits per heavy atom. The van der Waals surface area contributed by atoms with E-state index in [2.05, 4.69) is 5.32 Å². The molecule has 1 unspecified atom stereocenters. The Morgan fingerprint density at radius 1 is 1.38 bits per heavy atom. The number of carbonyl (C=O) groups is 2. The average Bonchev–Trinajstić information content (AvgIpc) is 2.98. The van der Waals surface area contributed by atoms with E-state index in [0.717, 1.165) is 0 Å². The molecular weight excluding hydrogens is 334 g/mol. The maximum Gasteiger partial charge on any atom is 0.326 e. The molecule has 0 spiro atoms. The number of hydrogen-bond acceptors (Lipinski definition) is 5. The molecule has 2 aliphatic rings. The van der Waals surface area contributed by atoms with Crippen molar-refractivity contribution in [3.05, 3.63) is 0 Å². The van der Waals surface area contributed by atoms with Gasteiger partial charge in [0.1, 0.15) is 5.54 Å². The van der Waals surface area contributed by atoms with Gasteiger partial charge in [0.2, 0.25) is 5.91 Å². The van der Waals surface area contributed by atoms with Crippen LogP contribution in [-0.4, -0.2) is 67.6 Å². The van der Waals surface area contributed by atoms with Gasteiger partial charge in [0, 0.05) is 17.7 Å². The number of fused-ring (bicyclic) bond motifs is 1. The van der Waals surface area contributed by atoms with E-state index < -0.39 is 34.0 Å². The lowest BCUT2D eigenvalue weighted by atomic mass is 9.70. The fourth-order valence-electron chi connectivity index (χ4n) is 4.03. The number of aliphatic carboxylic acids is 1. The highest BCUT2D eigenvalue weighted by Gasteiger charge is 2.65. The molecule has 2 fully saturated rings. The van der Waals surface area contributed by atoms with Crippen LogP contribution in [0.5, 0.6) is 0 Å². The number of carbonyl (C=O) groups excluding carboxylic acids is 1. The zero-order valence-corrected chi connectivity index (χ0v) is 15.0. The molecule has 5 N–H and O–H groups in total. The van der Waals surface area contributed by atoms with Crippen molar-refractivity contribution >= 4 is 23.0 Å². The Labute approximate surface area is 144 Å². The van der Waals surface area contributed by atoms with Crippen LogP contribution in [0.15, 0.2) is 0 Å². The number of nitrogens with zero attached hydrogens (tertiary/aromatic N) is 1. The third-order valence-electron chi connectivity index (χ3n) is 5.51. The SMILES string of the molecule is CC(C)[C@H](N)C(=O)N1C[C@@]2(CCCS(=O)O)CCN[C@@]2(C(=O)O)C1. The summed E-state index contributed by atoms with van der Waals surface area (Å²) >= 11 is -1.90. The normalized spacial score (nSPS) is 32.0. The Kier molecular flexibility index (Phi) is 5.68. The Balaban J connectivity index is 2.24. The second kappa shape index (κ2) is 7.07. The van der Waals surface area contributed by atoms with Crippen LogP contribution in [0.4, 0.5) is 0 Å². The van der Waals surface area contributed by atoms with Crippen molar-refractivity contribution in [2.75, 3.05) is 25.4 Å². The molecule has 2 heterocycles. The summed E-state index contributed by atoms with van der Waals surface area (Å²) in [5.74, 6) is -1.12. The van der Waals surface area contributed by atoms with Gasteiger partial charge in [0.15, 0.2) is 11.1 Å². The number of carboxylic acid groups (broad SMARTS) is 1. The van der Waals surface area contributed by atoms with E-state index in [4.69, 9.17) is 10.3 Å². The molecule has 9 heteroatoms. The van der Waals surface area contributed by atoms with Crippen molar-refractivity contribution in [3.63, 3.8) is 0 Å². The van der Waals surface area contributed by atoms with Crippen LogP contribution in [0.3, 0.4) is 0 Å². The molecular formula is C15H27N3O5S. The van der Waals surface area contributed by atoms with E-state index in [0.29, 0.717) is 32.4 Å². The molecule has 0 aromatic heterocycles. The molecule has 0 aromatic carbocycles. The fourth-order valence-corrected chi connectivity index (χ4v) is 4.43. The van der Waals surface area contributed by atoms with Crippen molar-refractivity contribution in [1.29, 1.82) is 0 Å².